The minimum absolute atomic E-state index is 0.0580. The monoisotopic (exact) mass is 422 g/mol. The maximum Gasteiger partial charge on any atom is 0.233 e. The zero-order valence-electron chi connectivity index (χ0n) is 16.4. The molecule has 1 heterocycles. The fourth-order valence-electron chi connectivity index (χ4n) is 3.39. The van der Waals surface area contributed by atoms with Crippen LogP contribution in [0.2, 0.25) is 5.02 Å². The van der Waals surface area contributed by atoms with Gasteiger partial charge in [0.15, 0.2) is 11.0 Å². The molecule has 0 radical (unpaired) electrons. The minimum atomic E-state index is -0.245. The number of ether oxygens (including phenoxy) is 1. The molecule has 2 aromatic rings. The van der Waals surface area contributed by atoms with Crippen LogP contribution in [-0.4, -0.2) is 45.7 Å². The summed E-state index contributed by atoms with van der Waals surface area (Å²) in [5, 5.41) is 13.0. The highest BCUT2D eigenvalue weighted by Crippen LogP contribution is 2.31. The molecule has 1 aromatic carbocycles. The Morgan fingerprint density at radius 1 is 1.36 bits per heavy atom. The number of hydrogen-bond acceptors (Lipinski definition) is 5. The number of methoxy groups -OCH3 is 1. The van der Waals surface area contributed by atoms with Crippen LogP contribution in [0.5, 0.6) is 0 Å². The topological polar surface area (TPSA) is 69.0 Å². The van der Waals surface area contributed by atoms with Crippen molar-refractivity contribution in [3.05, 3.63) is 29.3 Å². The smallest absolute Gasteiger partial charge is 0.233 e. The molecular formula is C20H27ClN4O2S. The van der Waals surface area contributed by atoms with Crippen LogP contribution >= 0.6 is 23.4 Å². The summed E-state index contributed by atoms with van der Waals surface area (Å²) in [5.74, 6) is 0.773. The maximum absolute atomic E-state index is 12.6. The summed E-state index contributed by atoms with van der Waals surface area (Å²) in [7, 11) is 1.69. The Hall–Kier alpha value is -1.57. The Balaban J connectivity index is 1.77. The number of carbonyl (C=O) groups is 1. The van der Waals surface area contributed by atoms with Gasteiger partial charge in [-0.25, -0.2) is 0 Å². The number of aromatic nitrogens is 3. The highest BCUT2D eigenvalue weighted by molar-refractivity contribution is 8.00. The third kappa shape index (κ3) is 5.27. The number of nitrogens with zero attached hydrogens (tertiary/aromatic N) is 3. The van der Waals surface area contributed by atoms with Gasteiger partial charge in [0.25, 0.3) is 0 Å². The number of rotatable bonds is 9. The number of nitrogens with one attached hydrogen (secondary N) is 1. The highest BCUT2D eigenvalue weighted by atomic mass is 35.5. The molecule has 0 spiro atoms. The maximum atomic E-state index is 12.6. The van der Waals surface area contributed by atoms with Crippen LogP contribution < -0.4 is 5.32 Å². The normalized spacial score (nSPS) is 15.7. The Bertz CT molecular complexity index is 792. The number of halogens is 1. The number of thioether (sulfide) groups is 1. The molecule has 152 valence electrons. The van der Waals surface area contributed by atoms with Gasteiger partial charge >= 0.3 is 0 Å². The molecule has 1 unspecified atom stereocenters. The first-order valence-electron chi connectivity index (χ1n) is 9.74. The van der Waals surface area contributed by atoms with E-state index in [0.717, 1.165) is 30.0 Å². The van der Waals surface area contributed by atoms with Crippen molar-refractivity contribution < 1.29 is 9.53 Å². The fraction of sp³-hybridized carbons (Fsp3) is 0.550. The average Bonchev–Trinajstić information content (AvgIpc) is 3.33. The quantitative estimate of drug-likeness (QED) is 0.485. The molecule has 3 rings (SSSR count). The van der Waals surface area contributed by atoms with Crippen molar-refractivity contribution >= 4 is 29.3 Å². The second-order valence-electron chi connectivity index (χ2n) is 7.03. The Morgan fingerprint density at radius 3 is 2.82 bits per heavy atom. The number of benzene rings is 1. The van der Waals surface area contributed by atoms with Crippen molar-refractivity contribution in [2.24, 2.45) is 0 Å². The summed E-state index contributed by atoms with van der Waals surface area (Å²) in [6.45, 7) is 3.25. The molecule has 1 atom stereocenters. The first-order valence-corrected chi connectivity index (χ1v) is 11.0. The number of hydrogen-bond donors (Lipinski definition) is 1. The van der Waals surface area contributed by atoms with Gasteiger partial charge < -0.3 is 14.6 Å². The summed E-state index contributed by atoms with van der Waals surface area (Å²) >= 11 is 7.81. The molecule has 1 amide bonds. The first kappa shape index (κ1) is 21.1. The van der Waals surface area contributed by atoms with Gasteiger partial charge in [0.1, 0.15) is 0 Å². The van der Waals surface area contributed by atoms with Gasteiger partial charge in [-0.15, -0.1) is 10.2 Å². The molecule has 1 aliphatic carbocycles. The average molecular weight is 423 g/mol. The van der Waals surface area contributed by atoms with E-state index < -0.39 is 0 Å². The summed E-state index contributed by atoms with van der Waals surface area (Å²) in [6, 6.07) is 7.91. The predicted molar refractivity (Wildman–Crippen MR) is 113 cm³/mol. The van der Waals surface area contributed by atoms with Gasteiger partial charge in [0.2, 0.25) is 5.91 Å². The second-order valence-corrected chi connectivity index (χ2v) is 8.75. The fourth-order valence-corrected chi connectivity index (χ4v) is 4.49. The molecule has 0 bridgehead atoms. The molecule has 1 fully saturated rings. The lowest BCUT2D eigenvalue weighted by Gasteiger charge is -2.17. The number of amides is 1. The van der Waals surface area contributed by atoms with Crippen LogP contribution in [0.1, 0.15) is 39.0 Å². The highest BCUT2D eigenvalue weighted by Gasteiger charge is 2.24. The van der Waals surface area contributed by atoms with Gasteiger partial charge in [0, 0.05) is 31.9 Å². The van der Waals surface area contributed by atoms with Crippen LogP contribution in [0.3, 0.4) is 0 Å². The third-order valence-electron chi connectivity index (χ3n) is 4.91. The Morgan fingerprint density at radius 2 is 2.11 bits per heavy atom. The molecule has 0 saturated heterocycles. The van der Waals surface area contributed by atoms with Crippen LogP contribution in [0, 0.1) is 0 Å². The third-order valence-corrected chi connectivity index (χ3v) is 6.32. The van der Waals surface area contributed by atoms with E-state index in [1.54, 1.807) is 7.11 Å². The first-order chi connectivity index (χ1) is 13.6. The lowest BCUT2D eigenvalue weighted by molar-refractivity contribution is -0.120. The lowest BCUT2D eigenvalue weighted by Crippen LogP contribution is -2.37. The summed E-state index contributed by atoms with van der Waals surface area (Å²) in [5.41, 5.74) is 0.837. The molecule has 1 saturated carbocycles. The molecule has 6 nitrogen and oxygen atoms in total. The van der Waals surface area contributed by atoms with Crippen molar-refractivity contribution in [1.82, 2.24) is 20.1 Å². The van der Waals surface area contributed by atoms with Gasteiger partial charge in [-0.05, 0) is 38.3 Å². The lowest BCUT2D eigenvalue weighted by atomic mass is 10.2. The molecule has 1 N–H and O–H groups in total. The van der Waals surface area contributed by atoms with Crippen molar-refractivity contribution in [1.29, 1.82) is 0 Å². The van der Waals surface area contributed by atoms with Gasteiger partial charge in [-0.1, -0.05) is 48.3 Å². The molecule has 1 aliphatic rings. The van der Waals surface area contributed by atoms with E-state index in [4.69, 9.17) is 16.3 Å². The molecular weight excluding hydrogens is 396 g/mol. The SMILES string of the molecule is COCCCn1c(SC(C)C(=O)NC2CCCC2)nnc1-c1ccccc1Cl. The van der Waals surface area contributed by atoms with Crippen LogP contribution in [0.25, 0.3) is 11.4 Å². The van der Waals surface area contributed by atoms with E-state index in [1.807, 2.05) is 35.8 Å². The van der Waals surface area contributed by atoms with E-state index in [-0.39, 0.29) is 11.2 Å². The van der Waals surface area contributed by atoms with Crippen molar-refractivity contribution in [3.8, 4) is 11.4 Å². The standard InChI is InChI=1S/C20H27ClN4O2S/c1-14(19(26)22-15-8-3-4-9-15)28-20-24-23-18(25(20)12-7-13-27-2)16-10-5-6-11-17(16)21/h5-6,10-11,14-15H,3-4,7-9,12-13H2,1-2H3,(H,22,26). The van der Waals surface area contributed by atoms with Crippen molar-refractivity contribution in [2.75, 3.05) is 13.7 Å². The molecule has 1 aromatic heterocycles. The van der Waals surface area contributed by atoms with Gasteiger partial charge in [-0.3, -0.25) is 4.79 Å². The van der Waals surface area contributed by atoms with E-state index in [2.05, 4.69) is 15.5 Å². The summed E-state index contributed by atoms with van der Waals surface area (Å²) in [6.07, 6.45) is 5.37. The van der Waals surface area contributed by atoms with E-state index >= 15 is 0 Å². The Labute approximate surface area is 175 Å². The van der Waals surface area contributed by atoms with Crippen molar-refractivity contribution in [3.63, 3.8) is 0 Å². The zero-order chi connectivity index (χ0) is 19.9. The van der Waals surface area contributed by atoms with Gasteiger partial charge in [-0.2, -0.15) is 0 Å². The largest absolute Gasteiger partial charge is 0.385 e. The van der Waals surface area contributed by atoms with E-state index in [9.17, 15) is 4.79 Å². The summed E-state index contributed by atoms with van der Waals surface area (Å²) in [4.78, 5) is 12.6. The van der Waals surface area contributed by atoms with E-state index in [1.165, 1.54) is 24.6 Å². The van der Waals surface area contributed by atoms with Crippen LogP contribution in [0.15, 0.2) is 29.4 Å². The number of carbonyl (C=O) groups excluding carboxylic acids is 1. The summed E-state index contributed by atoms with van der Waals surface area (Å²) < 4.78 is 7.22. The van der Waals surface area contributed by atoms with E-state index in [0.29, 0.717) is 30.0 Å². The molecule has 28 heavy (non-hydrogen) atoms. The predicted octanol–water partition coefficient (Wildman–Crippen LogP) is 4.17. The molecule has 8 heteroatoms. The Kier molecular flexibility index (Phi) is 7.76. The van der Waals surface area contributed by atoms with Crippen LogP contribution in [-0.2, 0) is 16.1 Å². The second kappa shape index (κ2) is 10.3. The van der Waals surface area contributed by atoms with Gasteiger partial charge in [0.05, 0.1) is 10.3 Å². The molecule has 0 aliphatic heterocycles. The van der Waals surface area contributed by atoms with Crippen molar-refractivity contribution in [2.45, 2.75) is 62.0 Å². The zero-order valence-corrected chi connectivity index (χ0v) is 17.9. The minimum Gasteiger partial charge on any atom is -0.385 e. The van der Waals surface area contributed by atoms with Crippen LogP contribution in [0.4, 0.5) is 0 Å².